The van der Waals surface area contributed by atoms with Gasteiger partial charge in [0, 0.05) is 11.6 Å². The summed E-state index contributed by atoms with van der Waals surface area (Å²) in [7, 11) is 0. The molecule has 0 spiro atoms. The summed E-state index contributed by atoms with van der Waals surface area (Å²) < 4.78 is 3.56. The second-order valence-electron chi connectivity index (χ2n) is 4.63. The van der Waals surface area contributed by atoms with Crippen LogP contribution in [-0.2, 0) is 6.54 Å². The molecule has 0 saturated carbocycles. The maximum absolute atomic E-state index is 8.80. The van der Waals surface area contributed by atoms with Gasteiger partial charge in [-0.25, -0.2) is 0 Å². The molecule has 0 atom stereocenters. The lowest BCUT2D eigenvalue weighted by molar-refractivity contribution is -0.658. The standard InChI is InChI=1S/C16H13N2S/c1-12-2-7-15-16(8-12)19-11-18(15)10-14-5-3-13(9-17)4-6-14/h2-8,11H,10H2,1H3/q+1. The van der Waals surface area contributed by atoms with Gasteiger partial charge < -0.3 is 0 Å². The Balaban J connectivity index is 1.94. The highest BCUT2D eigenvalue weighted by Gasteiger charge is 2.12. The summed E-state index contributed by atoms with van der Waals surface area (Å²) in [5, 5.41) is 8.80. The highest BCUT2D eigenvalue weighted by atomic mass is 32.1. The summed E-state index contributed by atoms with van der Waals surface area (Å²) in [5.41, 5.74) is 6.63. The third-order valence-electron chi connectivity index (χ3n) is 3.17. The Morgan fingerprint density at radius 1 is 1.16 bits per heavy atom. The first-order valence-corrected chi connectivity index (χ1v) is 7.00. The van der Waals surface area contributed by atoms with Gasteiger partial charge >= 0.3 is 0 Å². The molecule has 0 aliphatic heterocycles. The van der Waals surface area contributed by atoms with Crippen LogP contribution in [-0.4, -0.2) is 0 Å². The van der Waals surface area contributed by atoms with Crippen molar-refractivity contribution in [2.75, 3.05) is 0 Å². The van der Waals surface area contributed by atoms with Gasteiger partial charge in [0.05, 0.1) is 11.6 Å². The highest BCUT2D eigenvalue weighted by Crippen LogP contribution is 2.18. The molecule has 92 valence electrons. The predicted molar refractivity (Wildman–Crippen MR) is 77.0 cm³/mol. The Kier molecular flexibility index (Phi) is 3.02. The van der Waals surface area contributed by atoms with Crippen molar-refractivity contribution >= 4 is 21.6 Å². The van der Waals surface area contributed by atoms with Gasteiger partial charge in [-0.2, -0.15) is 9.83 Å². The minimum Gasteiger partial charge on any atom is -0.192 e. The van der Waals surface area contributed by atoms with Crippen LogP contribution in [0.2, 0.25) is 0 Å². The molecule has 0 unspecified atom stereocenters. The Morgan fingerprint density at radius 3 is 2.68 bits per heavy atom. The molecule has 3 aromatic rings. The molecule has 19 heavy (non-hydrogen) atoms. The Hall–Kier alpha value is -2.18. The van der Waals surface area contributed by atoms with Crippen molar-refractivity contribution in [2.45, 2.75) is 13.5 Å². The average molecular weight is 265 g/mol. The van der Waals surface area contributed by atoms with E-state index in [1.54, 1.807) is 11.3 Å². The van der Waals surface area contributed by atoms with Gasteiger partial charge in [0.2, 0.25) is 11.0 Å². The largest absolute Gasteiger partial charge is 0.226 e. The van der Waals surface area contributed by atoms with E-state index in [0.29, 0.717) is 5.56 Å². The lowest BCUT2D eigenvalue weighted by Gasteiger charge is -1.97. The number of nitrogens with zero attached hydrogens (tertiary/aromatic N) is 2. The lowest BCUT2D eigenvalue weighted by Crippen LogP contribution is -2.31. The Morgan fingerprint density at radius 2 is 1.95 bits per heavy atom. The molecule has 0 fully saturated rings. The van der Waals surface area contributed by atoms with Crippen molar-refractivity contribution in [3.8, 4) is 6.07 Å². The summed E-state index contributed by atoms with van der Waals surface area (Å²) in [4.78, 5) is 0. The third kappa shape index (κ3) is 2.35. The number of rotatable bonds is 2. The third-order valence-corrected chi connectivity index (χ3v) is 4.11. The molecule has 2 aromatic carbocycles. The molecule has 0 radical (unpaired) electrons. The summed E-state index contributed by atoms with van der Waals surface area (Å²) >= 11 is 1.77. The average Bonchev–Trinajstić information content (AvgIpc) is 2.82. The molecule has 0 saturated heterocycles. The van der Waals surface area contributed by atoms with Gasteiger partial charge in [-0.05, 0) is 30.7 Å². The number of thiazole rings is 1. The zero-order chi connectivity index (χ0) is 13.2. The van der Waals surface area contributed by atoms with E-state index in [4.69, 9.17) is 5.26 Å². The fraction of sp³-hybridized carbons (Fsp3) is 0.125. The van der Waals surface area contributed by atoms with Crippen molar-refractivity contribution < 1.29 is 4.57 Å². The maximum atomic E-state index is 8.80. The lowest BCUT2D eigenvalue weighted by atomic mass is 10.1. The molecule has 3 rings (SSSR count). The van der Waals surface area contributed by atoms with Crippen molar-refractivity contribution in [1.82, 2.24) is 0 Å². The fourth-order valence-corrected chi connectivity index (χ4v) is 3.12. The Labute approximate surface area is 116 Å². The van der Waals surface area contributed by atoms with Gasteiger partial charge in [0.25, 0.3) is 0 Å². The van der Waals surface area contributed by atoms with Crippen LogP contribution in [0.25, 0.3) is 10.2 Å². The van der Waals surface area contributed by atoms with E-state index in [1.165, 1.54) is 21.3 Å². The molecule has 0 N–H and O–H groups in total. The zero-order valence-electron chi connectivity index (χ0n) is 10.6. The molecule has 2 nitrogen and oxygen atoms in total. The summed E-state index contributed by atoms with van der Waals surface area (Å²) in [5.74, 6) is 0. The highest BCUT2D eigenvalue weighted by molar-refractivity contribution is 7.16. The van der Waals surface area contributed by atoms with Gasteiger partial charge in [-0.3, -0.25) is 0 Å². The second kappa shape index (κ2) is 4.83. The predicted octanol–water partition coefficient (Wildman–Crippen LogP) is 3.42. The van der Waals surface area contributed by atoms with Crippen LogP contribution in [0, 0.1) is 18.3 Å². The Bertz CT molecular complexity index is 764. The van der Waals surface area contributed by atoms with Crippen LogP contribution in [0.15, 0.2) is 48.0 Å². The summed E-state index contributed by atoms with van der Waals surface area (Å²) in [6, 6.07) is 16.4. The molecule has 0 bridgehead atoms. The van der Waals surface area contributed by atoms with E-state index in [0.717, 1.165) is 6.54 Å². The van der Waals surface area contributed by atoms with E-state index in [2.05, 4.69) is 41.3 Å². The minimum atomic E-state index is 0.708. The molecule has 0 amide bonds. The molecular weight excluding hydrogens is 252 g/mol. The summed E-state index contributed by atoms with van der Waals surface area (Å²) in [6.45, 7) is 2.96. The van der Waals surface area contributed by atoms with Crippen molar-refractivity contribution in [3.05, 3.63) is 64.7 Å². The number of fused-ring (bicyclic) bond motifs is 1. The molecule has 0 aliphatic carbocycles. The van der Waals surface area contributed by atoms with Crippen LogP contribution in [0.1, 0.15) is 16.7 Å². The van der Waals surface area contributed by atoms with Gasteiger partial charge in [-0.1, -0.05) is 29.5 Å². The monoisotopic (exact) mass is 265 g/mol. The SMILES string of the molecule is Cc1ccc2c(c1)sc[n+]2Cc1ccc(C#N)cc1. The van der Waals surface area contributed by atoms with Gasteiger partial charge in [-0.15, -0.1) is 0 Å². The van der Waals surface area contributed by atoms with E-state index in [9.17, 15) is 0 Å². The van der Waals surface area contributed by atoms with E-state index < -0.39 is 0 Å². The minimum absolute atomic E-state index is 0.708. The van der Waals surface area contributed by atoms with E-state index in [-0.39, 0.29) is 0 Å². The quantitative estimate of drug-likeness (QED) is 0.652. The number of aryl methyl sites for hydroxylation is 1. The van der Waals surface area contributed by atoms with Crippen molar-refractivity contribution in [3.63, 3.8) is 0 Å². The van der Waals surface area contributed by atoms with Crippen LogP contribution in [0.3, 0.4) is 0 Å². The second-order valence-corrected chi connectivity index (χ2v) is 5.52. The number of hydrogen-bond donors (Lipinski definition) is 0. The smallest absolute Gasteiger partial charge is 0.192 e. The number of aromatic nitrogens is 1. The van der Waals surface area contributed by atoms with Crippen LogP contribution in [0.5, 0.6) is 0 Å². The van der Waals surface area contributed by atoms with E-state index >= 15 is 0 Å². The molecule has 1 heterocycles. The van der Waals surface area contributed by atoms with Gasteiger partial charge in [0.15, 0.2) is 6.54 Å². The molecular formula is C16H13N2S+. The normalized spacial score (nSPS) is 10.5. The first kappa shape index (κ1) is 11.9. The molecule has 0 aliphatic rings. The number of hydrogen-bond acceptors (Lipinski definition) is 2. The topological polar surface area (TPSA) is 27.7 Å². The fourth-order valence-electron chi connectivity index (χ4n) is 2.13. The van der Waals surface area contributed by atoms with Gasteiger partial charge in [0.1, 0.15) is 4.70 Å². The number of nitriles is 1. The van der Waals surface area contributed by atoms with Crippen LogP contribution in [0.4, 0.5) is 0 Å². The van der Waals surface area contributed by atoms with Crippen LogP contribution >= 0.6 is 11.3 Å². The van der Waals surface area contributed by atoms with Crippen LogP contribution < -0.4 is 4.57 Å². The number of benzene rings is 2. The molecule has 1 aromatic heterocycles. The van der Waals surface area contributed by atoms with E-state index in [1.807, 2.05) is 24.3 Å². The first-order chi connectivity index (χ1) is 9.26. The van der Waals surface area contributed by atoms with Crippen molar-refractivity contribution in [2.24, 2.45) is 0 Å². The first-order valence-electron chi connectivity index (χ1n) is 6.12. The maximum Gasteiger partial charge on any atom is 0.226 e. The zero-order valence-corrected chi connectivity index (χ0v) is 11.4. The summed E-state index contributed by atoms with van der Waals surface area (Å²) in [6.07, 6.45) is 0. The van der Waals surface area contributed by atoms with Crippen molar-refractivity contribution in [1.29, 1.82) is 5.26 Å². The molecule has 3 heteroatoms.